The van der Waals surface area contributed by atoms with Crippen LogP contribution in [-0.2, 0) is 16.0 Å². The highest BCUT2D eigenvalue weighted by atomic mass is 19.2. The van der Waals surface area contributed by atoms with Gasteiger partial charge in [-0.05, 0) is 32.4 Å². The Bertz CT molecular complexity index is 567. The highest BCUT2D eigenvalue weighted by Crippen LogP contribution is 2.22. The van der Waals surface area contributed by atoms with Crippen LogP contribution in [0.3, 0.4) is 0 Å². The zero-order valence-corrected chi connectivity index (χ0v) is 13.0. The van der Waals surface area contributed by atoms with Crippen molar-refractivity contribution in [3.05, 3.63) is 29.3 Å². The maximum atomic E-state index is 13.7. The fourth-order valence-corrected chi connectivity index (χ4v) is 1.63. The molecule has 0 unspecified atom stereocenters. The number of alkyl carbamates (subject to hydrolysis) is 1. The van der Waals surface area contributed by atoms with E-state index >= 15 is 0 Å². The van der Waals surface area contributed by atoms with Gasteiger partial charge in [-0.3, -0.25) is 4.79 Å². The number of Topliss-reactive ketones (excluding diaryl/α,β-unsaturated/α-hetero) is 1. The van der Waals surface area contributed by atoms with Crippen molar-refractivity contribution in [3.63, 3.8) is 0 Å². The van der Waals surface area contributed by atoms with Crippen LogP contribution in [0.25, 0.3) is 0 Å². The molecule has 0 aromatic heterocycles. The Morgan fingerprint density at radius 2 is 1.82 bits per heavy atom. The molecule has 1 rings (SSSR count). The molecule has 22 heavy (non-hydrogen) atoms. The predicted octanol–water partition coefficient (Wildman–Crippen LogP) is 2.61. The van der Waals surface area contributed by atoms with Crippen molar-refractivity contribution >= 4 is 11.9 Å². The largest absolute Gasteiger partial charge is 0.494 e. The normalized spacial score (nSPS) is 11.0. The number of halogens is 2. The minimum absolute atomic E-state index is 0.103. The number of nitrogens with one attached hydrogen (secondary N) is 1. The molecule has 122 valence electrons. The molecule has 0 aliphatic carbocycles. The van der Waals surface area contributed by atoms with Crippen molar-refractivity contribution in [1.82, 2.24) is 5.32 Å². The summed E-state index contributed by atoms with van der Waals surface area (Å²) in [5.74, 6) is -2.99. The van der Waals surface area contributed by atoms with Gasteiger partial charge in [0.25, 0.3) is 0 Å². The molecule has 0 radical (unpaired) electrons. The van der Waals surface area contributed by atoms with Crippen LogP contribution >= 0.6 is 0 Å². The molecule has 0 fully saturated rings. The second-order valence-electron chi connectivity index (χ2n) is 5.63. The molecule has 1 N–H and O–H groups in total. The molecule has 1 aromatic rings. The third-order valence-corrected chi connectivity index (χ3v) is 2.56. The van der Waals surface area contributed by atoms with Gasteiger partial charge >= 0.3 is 6.09 Å². The van der Waals surface area contributed by atoms with E-state index in [0.29, 0.717) is 0 Å². The average Bonchev–Trinajstić information content (AvgIpc) is 2.40. The molecule has 0 spiro atoms. The van der Waals surface area contributed by atoms with Crippen LogP contribution in [0.1, 0.15) is 26.3 Å². The van der Waals surface area contributed by atoms with Gasteiger partial charge in [-0.25, -0.2) is 9.18 Å². The summed E-state index contributed by atoms with van der Waals surface area (Å²) in [6, 6.07) is 2.50. The zero-order valence-electron chi connectivity index (χ0n) is 13.0. The van der Waals surface area contributed by atoms with Gasteiger partial charge in [-0.2, -0.15) is 4.39 Å². The Balaban J connectivity index is 2.59. The third-order valence-electron chi connectivity index (χ3n) is 2.56. The summed E-state index contributed by atoms with van der Waals surface area (Å²) in [6.45, 7) is 4.72. The molecule has 0 heterocycles. The second kappa shape index (κ2) is 7.20. The standard InChI is InChI=1S/C15H19F2NO4/c1-15(2,3)22-14(20)18-8-10(19)7-9-5-6-11(21-4)13(17)12(9)16/h5-6H,7-8H2,1-4H3,(H,18,20). The lowest BCUT2D eigenvalue weighted by Crippen LogP contribution is -2.35. The van der Waals surface area contributed by atoms with Crippen LogP contribution < -0.4 is 10.1 Å². The molecule has 1 amide bonds. The third kappa shape index (κ3) is 5.31. The lowest BCUT2D eigenvalue weighted by molar-refractivity contribution is -0.117. The first-order valence-electron chi connectivity index (χ1n) is 6.63. The molecule has 5 nitrogen and oxygen atoms in total. The number of ketones is 1. The fourth-order valence-electron chi connectivity index (χ4n) is 1.63. The minimum atomic E-state index is -1.15. The second-order valence-corrected chi connectivity index (χ2v) is 5.63. The van der Waals surface area contributed by atoms with Crippen LogP contribution in [0.5, 0.6) is 5.75 Å². The monoisotopic (exact) mass is 315 g/mol. The minimum Gasteiger partial charge on any atom is -0.494 e. The molecule has 0 aliphatic rings. The van der Waals surface area contributed by atoms with Crippen molar-refractivity contribution in [2.75, 3.05) is 13.7 Å². The lowest BCUT2D eigenvalue weighted by atomic mass is 10.1. The maximum absolute atomic E-state index is 13.7. The number of rotatable bonds is 5. The van der Waals surface area contributed by atoms with Crippen molar-refractivity contribution in [3.8, 4) is 5.75 Å². The van der Waals surface area contributed by atoms with Gasteiger partial charge in [-0.1, -0.05) is 6.07 Å². The first-order valence-corrected chi connectivity index (χ1v) is 6.63. The Morgan fingerprint density at radius 1 is 1.18 bits per heavy atom. The van der Waals surface area contributed by atoms with Crippen LogP contribution in [0.15, 0.2) is 12.1 Å². The number of ether oxygens (including phenoxy) is 2. The van der Waals surface area contributed by atoms with E-state index in [1.54, 1.807) is 20.8 Å². The SMILES string of the molecule is COc1ccc(CC(=O)CNC(=O)OC(C)(C)C)c(F)c1F. The Hall–Kier alpha value is -2.18. The summed E-state index contributed by atoms with van der Waals surface area (Å²) >= 11 is 0. The van der Waals surface area contributed by atoms with E-state index in [1.165, 1.54) is 19.2 Å². The number of methoxy groups -OCH3 is 1. The maximum Gasteiger partial charge on any atom is 0.408 e. The molecule has 7 heteroatoms. The highest BCUT2D eigenvalue weighted by molar-refractivity contribution is 5.85. The fraction of sp³-hybridized carbons (Fsp3) is 0.467. The summed E-state index contributed by atoms with van der Waals surface area (Å²) in [5, 5.41) is 2.26. The summed E-state index contributed by atoms with van der Waals surface area (Å²) in [6.07, 6.45) is -1.09. The van der Waals surface area contributed by atoms with Gasteiger partial charge in [0.1, 0.15) is 5.60 Å². The van der Waals surface area contributed by atoms with Gasteiger partial charge in [0.2, 0.25) is 5.82 Å². The van der Waals surface area contributed by atoms with Crippen molar-refractivity contribution < 1.29 is 27.8 Å². The lowest BCUT2D eigenvalue weighted by Gasteiger charge is -2.19. The average molecular weight is 315 g/mol. The highest BCUT2D eigenvalue weighted by Gasteiger charge is 2.18. The van der Waals surface area contributed by atoms with E-state index in [0.717, 1.165) is 0 Å². The van der Waals surface area contributed by atoms with Crippen molar-refractivity contribution in [2.45, 2.75) is 32.8 Å². The molecular formula is C15H19F2NO4. The number of hydrogen-bond donors (Lipinski definition) is 1. The van der Waals surface area contributed by atoms with E-state index in [4.69, 9.17) is 4.74 Å². The van der Waals surface area contributed by atoms with Crippen molar-refractivity contribution in [2.24, 2.45) is 0 Å². The quantitative estimate of drug-likeness (QED) is 0.907. The van der Waals surface area contributed by atoms with E-state index in [-0.39, 0.29) is 24.3 Å². The number of amides is 1. The van der Waals surface area contributed by atoms with Crippen LogP contribution in [-0.4, -0.2) is 31.1 Å². The van der Waals surface area contributed by atoms with Crippen LogP contribution in [0.4, 0.5) is 13.6 Å². The molecule has 0 saturated carbocycles. The molecule has 0 bridgehead atoms. The van der Waals surface area contributed by atoms with Crippen LogP contribution in [0.2, 0.25) is 0 Å². The molecule has 0 saturated heterocycles. The Morgan fingerprint density at radius 3 is 2.36 bits per heavy atom. The van der Waals surface area contributed by atoms with Crippen molar-refractivity contribution in [1.29, 1.82) is 0 Å². The summed E-state index contributed by atoms with van der Waals surface area (Å²) in [5.41, 5.74) is -0.785. The number of carbonyl (C=O) groups excluding carboxylic acids is 2. The Labute approximate surface area is 127 Å². The molecule has 1 aromatic carbocycles. The number of benzene rings is 1. The summed E-state index contributed by atoms with van der Waals surface area (Å²) in [4.78, 5) is 23.1. The number of hydrogen-bond acceptors (Lipinski definition) is 4. The van der Waals surface area contributed by atoms with E-state index in [9.17, 15) is 18.4 Å². The topological polar surface area (TPSA) is 64.6 Å². The first kappa shape index (κ1) is 17.9. The summed E-state index contributed by atoms with van der Waals surface area (Å²) < 4.78 is 36.8. The molecule has 0 aliphatic heterocycles. The molecule has 0 atom stereocenters. The van der Waals surface area contributed by atoms with Gasteiger partial charge in [0.05, 0.1) is 13.7 Å². The summed E-state index contributed by atoms with van der Waals surface area (Å²) in [7, 11) is 1.22. The zero-order chi connectivity index (χ0) is 16.9. The van der Waals surface area contributed by atoms with Gasteiger partial charge in [0, 0.05) is 6.42 Å². The van der Waals surface area contributed by atoms with Gasteiger partial charge < -0.3 is 14.8 Å². The Kier molecular flexibility index (Phi) is 5.84. The van der Waals surface area contributed by atoms with Gasteiger partial charge in [0.15, 0.2) is 17.3 Å². The molecular weight excluding hydrogens is 296 g/mol. The smallest absolute Gasteiger partial charge is 0.408 e. The van der Waals surface area contributed by atoms with Gasteiger partial charge in [-0.15, -0.1) is 0 Å². The first-order chi connectivity index (χ1) is 10.1. The van der Waals surface area contributed by atoms with E-state index < -0.39 is 29.1 Å². The van der Waals surface area contributed by atoms with Crippen LogP contribution in [0, 0.1) is 11.6 Å². The number of carbonyl (C=O) groups is 2. The van der Waals surface area contributed by atoms with E-state index in [2.05, 4.69) is 10.1 Å². The van der Waals surface area contributed by atoms with E-state index in [1.807, 2.05) is 0 Å². The predicted molar refractivity (Wildman–Crippen MR) is 75.9 cm³/mol.